The Labute approximate surface area is 481 Å². The van der Waals surface area contributed by atoms with Crippen LogP contribution < -0.4 is 9.47 Å². The van der Waals surface area contributed by atoms with Crippen LogP contribution in [0, 0.1) is 55.4 Å². The number of ether oxygens (including phenoxy) is 3. The first-order chi connectivity index (χ1) is 39.1. The number of aromatic hydroxyl groups is 2. The summed E-state index contributed by atoms with van der Waals surface area (Å²) in [6.45, 7) is 22.4. The summed E-state index contributed by atoms with van der Waals surface area (Å²) in [7, 11) is 0. The molecule has 8 aromatic rings. The molecule has 1 unspecified atom stereocenters. The number of aromatic nitrogens is 6. The van der Waals surface area contributed by atoms with Gasteiger partial charge in [-0.15, -0.1) is 0 Å². The van der Waals surface area contributed by atoms with E-state index in [0.29, 0.717) is 70.8 Å². The van der Waals surface area contributed by atoms with E-state index in [0.717, 1.165) is 74.9 Å². The smallest absolute Gasteiger partial charge is 0.167 e. The van der Waals surface area contributed by atoms with Crippen LogP contribution in [0.5, 0.6) is 23.0 Å². The number of phenols is 2. The summed E-state index contributed by atoms with van der Waals surface area (Å²) in [5, 5.41) is 32.1. The average molecular weight is 1090 g/mol. The largest absolute Gasteiger partial charge is 0.507 e. The minimum atomic E-state index is -0.757. The highest BCUT2D eigenvalue weighted by Gasteiger charge is 2.20. The second-order valence-electron chi connectivity index (χ2n) is 21.7. The highest BCUT2D eigenvalue weighted by molar-refractivity contribution is 5.74. The van der Waals surface area contributed by atoms with E-state index in [2.05, 4.69) is 104 Å². The third-order valence-electron chi connectivity index (χ3n) is 14.3. The van der Waals surface area contributed by atoms with Crippen molar-refractivity contribution in [2.75, 3.05) is 26.4 Å². The van der Waals surface area contributed by atoms with E-state index in [9.17, 15) is 15.3 Å². The Bertz CT molecular complexity index is 3200. The van der Waals surface area contributed by atoms with Gasteiger partial charge in [-0.2, -0.15) is 0 Å². The molecule has 0 aliphatic heterocycles. The van der Waals surface area contributed by atoms with Gasteiger partial charge in [0.05, 0.1) is 24.3 Å². The van der Waals surface area contributed by atoms with Gasteiger partial charge in [-0.1, -0.05) is 173 Å². The maximum Gasteiger partial charge on any atom is 0.167 e. The van der Waals surface area contributed by atoms with Crippen molar-refractivity contribution in [3.8, 4) is 91.3 Å². The topological polar surface area (TPSA) is 166 Å². The van der Waals surface area contributed by atoms with Crippen LogP contribution in [-0.4, -0.2) is 77.8 Å². The number of aryl methyl sites for hydroxylation is 8. The number of benzene rings is 6. The number of unbranched alkanes of at least 4 members (excludes halogenated alkanes) is 10. The highest BCUT2D eigenvalue weighted by Crippen LogP contribution is 2.36. The van der Waals surface area contributed by atoms with Gasteiger partial charge in [0.25, 0.3) is 0 Å². The molecular weight excluding hydrogens is 1010 g/mol. The summed E-state index contributed by atoms with van der Waals surface area (Å²) in [4.78, 5) is 29.0. The van der Waals surface area contributed by atoms with Gasteiger partial charge in [0, 0.05) is 41.0 Å². The van der Waals surface area contributed by atoms with Gasteiger partial charge in [0.1, 0.15) is 35.7 Å². The van der Waals surface area contributed by atoms with Crippen molar-refractivity contribution in [3.63, 3.8) is 0 Å². The molecule has 0 amide bonds. The van der Waals surface area contributed by atoms with Gasteiger partial charge in [-0.3, -0.25) is 0 Å². The Morgan fingerprint density at radius 2 is 0.667 bits per heavy atom. The highest BCUT2D eigenvalue weighted by atomic mass is 16.5. The Morgan fingerprint density at radius 3 is 1.01 bits per heavy atom. The van der Waals surface area contributed by atoms with Gasteiger partial charge < -0.3 is 29.5 Å². The number of aliphatic hydroxyl groups excluding tert-OH is 1. The van der Waals surface area contributed by atoms with Gasteiger partial charge in [0.15, 0.2) is 34.9 Å². The van der Waals surface area contributed by atoms with E-state index in [1.165, 1.54) is 75.0 Å². The lowest BCUT2D eigenvalue weighted by molar-refractivity contribution is 0.0113. The molecule has 0 spiro atoms. The first-order valence-electron chi connectivity index (χ1n) is 29.1. The number of rotatable bonds is 26. The molecule has 81 heavy (non-hydrogen) atoms. The van der Waals surface area contributed by atoms with E-state index in [1.54, 1.807) is 18.2 Å². The Kier molecular flexibility index (Phi) is 22.9. The fraction of sp³-hybridized carbons (Fsp3) is 0.391. The van der Waals surface area contributed by atoms with Crippen LogP contribution in [0.4, 0.5) is 0 Å². The van der Waals surface area contributed by atoms with Crippen LogP contribution in [0.2, 0.25) is 0 Å². The molecule has 0 bridgehead atoms. The molecule has 0 aliphatic rings. The third-order valence-corrected chi connectivity index (χ3v) is 14.3. The average Bonchev–Trinajstić information content (AvgIpc) is 3.53. The molecule has 12 heteroatoms. The molecule has 6 aromatic carbocycles. The molecule has 0 saturated carbocycles. The van der Waals surface area contributed by atoms with Crippen molar-refractivity contribution < 1.29 is 29.5 Å². The molecule has 8 rings (SSSR count). The van der Waals surface area contributed by atoms with E-state index in [-0.39, 0.29) is 24.7 Å². The summed E-state index contributed by atoms with van der Waals surface area (Å²) < 4.78 is 17.1. The first-order valence-corrected chi connectivity index (χ1v) is 29.1. The summed E-state index contributed by atoms with van der Waals surface area (Å²) in [6, 6.07) is 35.2. The van der Waals surface area contributed by atoms with Crippen molar-refractivity contribution in [1.82, 2.24) is 29.9 Å². The lowest BCUT2D eigenvalue weighted by atomic mass is 10.0. The van der Waals surface area contributed by atoms with E-state index in [4.69, 9.17) is 44.1 Å². The van der Waals surface area contributed by atoms with Crippen LogP contribution in [0.1, 0.15) is 135 Å². The predicted octanol–water partition coefficient (Wildman–Crippen LogP) is 16.5. The second kappa shape index (κ2) is 30.3. The molecule has 2 heterocycles. The van der Waals surface area contributed by atoms with E-state index >= 15 is 0 Å². The number of nitrogens with zero attached hydrogens (tertiary/aromatic N) is 6. The Balaban J connectivity index is 0.000000234. The third kappa shape index (κ3) is 17.7. The number of aliphatic hydroxyl groups is 1. The molecule has 0 aliphatic carbocycles. The molecule has 3 N–H and O–H groups in total. The van der Waals surface area contributed by atoms with Crippen molar-refractivity contribution >= 4 is 0 Å². The lowest BCUT2D eigenvalue weighted by Crippen LogP contribution is -2.23. The SMILES string of the molecule is CCCCCCCCCCCCOc1ccc(-c2nc(-c3ccc(C)cc3C)nc(-c3ccc(C)cc3C)n2)c(O)c1.CCCCOCC(O)COc1ccc(-c2nc(-c3ccc(C)cc3C)nc(-c3ccc(C)cc3C)n2)c(O)c1. The normalized spacial score (nSPS) is 11.5. The van der Waals surface area contributed by atoms with Crippen LogP contribution in [-0.2, 0) is 4.74 Å². The molecule has 0 radical (unpaired) electrons. The maximum absolute atomic E-state index is 11.0. The van der Waals surface area contributed by atoms with Crippen molar-refractivity contribution in [2.45, 2.75) is 152 Å². The van der Waals surface area contributed by atoms with Crippen LogP contribution >= 0.6 is 0 Å². The molecule has 12 nitrogen and oxygen atoms in total. The minimum Gasteiger partial charge on any atom is -0.507 e. The summed E-state index contributed by atoms with van der Waals surface area (Å²) in [6.07, 6.45) is 14.1. The molecule has 2 aromatic heterocycles. The first kappa shape index (κ1) is 61.1. The van der Waals surface area contributed by atoms with Crippen molar-refractivity contribution in [2.24, 2.45) is 0 Å². The van der Waals surface area contributed by atoms with Gasteiger partial charge in [-0.05, 0) is 115 Å². The minimum absolute atomic E-state index is 0.0226. The summed E-state index contributed by atoms with van der Waals surface area (Å²) in [5.74, 6) is 4.23. The molecular formula is C69H84N6O6. The van der Waals surface area contributed by atoms with Crippen LogP contribution in [0.15, 0.2) is 109 Å². The Hall–Kier alpha value is -7.54. The van der Waals surface area contributed by atoms with Gasteiger partial charge >= 0.3 is 0 Å². The van der Waals surface area contributed by atoms with E-state index < -0.39 is 6.10 Å². The number of hydrogen-bond donors (Lipinski definition) is 3. The van der Waals surface area contributed by atoms with Crippen molar-refractivity contribution in [3.05, 3.63) is 154 Å². The van der Waals surface area contributed by atoms with E-state index in [1.807, 2.05) is 50.2 Å². The summed E-state index contributed by atoms with van der Waals surface area (Å²) in [5.41, 5.74) is 13.7. The molecule has 0 saturated heterocycles. The Morgan fingerprint density at radius 1 is 0.346 bits per heavy atom. The van der Waals surface area contributed by atoms with Crippen LogP contribution in [0.3, 0.4) is 0 Å². The standard InChI is InChI=1S/C37H47N3O2.C32H37N3O4/c1-6-7-8-9-10-11-12-13-14-15-22-42-30-18-21-33(34(41)25-30)37-39-35(31-19-16-26(2)23-28(31)4)38-36(40-37)32-20-17-27(3)24-29(32)5;1-6-7-14-38-18-24(36)19-39-25-10-13-28(29(37)17-25)32-34-30(26-11-8-20(2)15-22(26)4)33-31(35-32)27-12-9-21(3)16-23(27)5/h16-21,23-25,41H,6-15,22H2,1-5H3;8-13,15-17,24,36-37H,6-7,14,18-19H2,1-5H3. The molecule has 0 fully saturated rings. The fourth-order valence-electron chi connectivity index (χ4n) is 9.80. The maximum atomic E-state index is 11.0. The zero-order chi connectivity index (χ0) is 57.8. The number of phenolic OH excluding ortho intramolecular Hbond substituents is 2. The summed E-state index contributed by atoms with van der Waals surface area (Å²) >= 11 is 0. The zero-order valence-corrected chi connectivity index (χ0v) is 49.5. The quantitative estimate of drug-likeness (QED) is 0.0440. The zero-order valence-electron chi connectivity index (χ0n) is 49.5. The van der Waals surface area contributed by atoms with Gasteiger partial charge in [-0.25, -0.2) is 29.9 Å². The fourth-order valence-corrected chi connectivity index (χ4v) is 9.80. The van der Waals surface area contributed by atoms with Gasteiger partial charge in [0.2, 0.25) is 0 Å². The predicted molar refractivity (Wildman–Crippen MR) is 328 cm³/mol. The number of hydrogen-bond acceptors (Lipinski definition) is 12. The molecule has 426 valence electrons. The second-order valence-corrected chi connectivity index (χ2v) is 21.7. The van der Waals surface area contributed by atoms with Crippen LogP contribution in [0.25, 0.3) is 68.3 Å². The molecule has 1 atom stereocenters. The monoisotopic (exact) mass is 1090 g/mol. The lowest BCUT2D eigenvalue weighted by Gasteiger charge is -2.14. The van der Waals surface area contributed by atoms with Crippen molar-refractivity contribution in [1.29, 1.82) is 0 Å².